The van der Waals surface area contributed by atoms with Gasteiger partial charge in [-0.15, -0.1) is 0 Å². The summed E-state index contributed by atoms with van der Waals surface area (Å²) in [4.78, 5) is 21.4. The molecule has 32 heavy (non-hydrogen) atoms. The number of sulfone groups is 1. The minimum atomic E-state index is -3.09. The highest BCUT2D eigenvalue weighted by Crippen LogP contribution is 2.41. The van der Waals surface area contributed by atoms with Crippen LogP contribution in [0.4, 0.5) is 11.4 Å². The Morgan fingerprint density at radius 2 is 1.72 bits per heavy atom. The van der Waals surface area contributed by atoms with E-state index in [1.807, 2.05) is 48.2 Å². The van der Waals surface area contributed by atoms with Crippen molar-refractivity contribution in [1.29, 1.82) is 0 Å². The van der Waals surface area contributed by atoms with E-state index in [1.165, 1.54) is 11.8 Å². The number of anilines is 2. The average molecular weight is 472 g/mol. The Kier molecular flexibility index (Phi) is 6.62. The van der Waals surface area contributed by atoms with Crippen LogP contribution in [0.25, 0.3) is 0 Å². The summed E-state index contributed by atoms with van der Waals surface area (Å²) in [6, 6.07) is 15.8. The molecule has 2 aromatic rings. The summed E-state index contributed by atoms with van der Waals surface area (Å²) >= 11 is 1.41. The van der Waals surface area contributed by atoms with Crippen molar-refractivity contribution in [2.45, 2.75) is 38.5 Å². The molecule has 2 aromatic carbocycles. The Morgan fingerprint density at radius 1 is 1.06 bits per heavy atom. The van der Waals surface area contributed by atoms with Gasteiger partial charge in [0.05, 0.1) is 24.0 Å². The Morgan fingerprint density at radius 3 is 2.34 bits per heavy atom. The minimum absolute atomic E-state index is 0.0909. The number of carbonyl (C=O) groups is 1. The Labute approximate surface area is 194 Å². The molecule has 2 fully saturated rings. The topological polar surface area (TPSA) is 70.0 Å². The number of hydrogen-bond donors (Lipinski definition) is 0. The zero-order valence-corrected chi connectivity index (χ0v) is 20.3. The molecule has 6 nitrogen and oxygen atoms in total. The van der Waals surface area contributed by atoms with Gasteiger partial charge in [-0.2, -0.15) is 4.99 Å². The molecule has 170 valence electrons. The molecule has 8 heteroatoms. The largest absolute Gasteiger partial charge is 0.372 e. The van der Waals surface area contributed by atoms with Gasteiger partial charge >= 0.3 is 0 Å². The fourth-order valence-corrected chi connectivity index (χ4v) is 8.24. The molecular weight excluding hydrogens is 442 g/mol. The van der Waals surface area contributed by atoms with Gasteiger partial charge < -0.3 is 9.80 Å². The first-order valence-corrected chi connectivity index (χ1v) is 13.7. The van der Waals surface area contributed by atoms with Crippen LogP contribution in [0.2, 0.25) is 0 Å². The molecule has 0 aromatic heterocycles. The summed E-state index contributed by atoms with van der Waals surface area (Å²) in [5.41, 5.74) is 4.06. The van der Waals surface area contributed by atoms with Crippen molar-refractivity contribution in [3.63, 3.8) is 0 Å². The third-order valence-corrected chi connectivity index (χ3v) is 9.23. The van der Waals surface area contributed by atoms with E-state index in [4.69, 9.17) is 0 Å². The average Bonchev–Trinajstić information content (AvgIpc) is 3.22. The number of aliphatic imine (C=N–C) groups is 1. The molecule has 0 N–H and O–H groups in total. The highest BCUT2D eigenvalue weighted by atomic mass is 32.2. The standard InChI is InChI=1S/C24H29N3O3S2/c1-4-26(5-2)19-10-12-20(13-11-19)27-21-15-32(29,30)16-22(21)31-24(27)25-23(28)14-18-8-6-17(3)7-9-18/h6-13,21-22H,4-5,14-16H2,1-3H3/t21-,22-/m1/s1. The van der Waals surface area contributed by atoms with E-state index in [2.05, 4.69) is 35.9 Å². The van der Waals surface area contributed by atoms with E-state index in [9.17, 15) is 13.2 Å². The molecule has 1 amide bonds. The molecule has 2 atom stereocenters. The number of aryl methyl sites for hydroxylation is 1. The summed E-state index contributed by atoms with van der Waals surface area (Å²) < 4.78 is 24.6. The summed E-state index contributed by atoms with van der Waals surface area (Å²) in [5.74, 6) is -0.00114. The van der Waals surface area contributed by atoms with Crippen molar-refractivity contribution in [2.24, 2.45) is 4.99 Å². The third kappa shape index (κ3) is 4.86. The van der Waals surface area contributed by atoms with Crippen LogP contribution in [0, 0.1) is 6.92 Å². The zero-order chi connectivity index (χ0) is 22.9. The second kappa shape index (κ2) is 9.27. The van der Waals surface area contributed by atoms with Gasteiger partial charge in [0.2, 0.25) is 0 Å². The zero-order valence-electron chi connectivity index (χ0n) is 18.7. The molecule has 2 heterocycles. The second-order valence-electron chi connectivity index (χ2n) is 8.31. The monoisotopic (exact) mass is 471 g/mol. The SMILES string of the molecule is CCN(CC)c1ccc(N2C(=NC(=O)Cc3ccc(C)cc3)S[C@@H]3CS(=O)(=O)C[C@H]32)cc1. The van der Waals surface area contributed by atoms with Crippen LogP contribution in [-0.2, 0) is 21.1 Å². The Balaban J connectivity index is 1.62. The van der Waals surface area contributed by atoms with Gasteiger partial charge in [0.15, 0.2) is 15.0 Å². The molecule has 0 saturated carbocycles. The first kappa shape index (κ1) is 22.9. The number of benzene rings is 2. The van der Waals surface area contributed by atoms with E-state index in [-0.39, 0.29) is 35.1 Å². The third-order valence-electron chi connectivity index (χ3n) is 6.02. The fourth-order valence-electron chi connectivity index (χ4n) is 4.31. The van der Waals surface area contributed by atoms with Crippen LogP contribution < -0.4 is 9.80 Å². The molecule has 0 radical (unpaired) electrons. The normalized spacial score (nSPS) is 22.8. The van der Waals surface area contributed by atoms with Crippen molar-refractivity contribution in [3.8, 4) is 0 Å². The number of thioether (sulfide) groups is 1. The molecule has 0 unspecified atom stereocenters. The van der Waals surface area contributed by atoms with Gasteiger partial charge in [0.25, 0.3) is 5.91 Å². The number of fused-ring (bicyclic) bond motifs is 1. The number of rotatable bonds is 6. The highest BCUT2D eigenvalue weighted by molar-refractivity contribution is 8.16. The molecule has 0 bridgehead atoms. The lowest BCUT2D eigenvalue weighted by atomic mass is 10.1. The van der Waals surface area contributed by atoms with E-state index in [0.717, 1.165) is 35.6 Å². The highest BCUT2D eigenvalue weighted by Gasteiger charge is 2.49. The van der Waals surface area contributed by atoms with E-state index in [1.54, 1.807) is 0 Å². The van der Waals surface area contributed by atoms with Crippen LogP contribution in [0.1, 0.15) is 25.0 Å². The molecule has 2 aliphatic rings. The van der Waals surface area contributed by atoms with Gasteiger partial charge in [0.1, 0.15) is 0 Å². The number of nitrogens with zero attached hydrogens (tertiary/aromatic N) is 3. The number of amides is 1. The first-order valence-electron chi connectivity index (χ1n) is 11.0. The summed E-state index contributed by atoms with van der Waals surface area (Å²) in [5, 5.41) is 0.496. The van der Waals surface area contributed by atoms with Crippen molar-refractivity contribution in [3.05, 3.63) is 59.7 Å². The molecule has 2 aliphatic heterocycles. The van der Waals surface area contributed by atoms with Crippen LogP contribution in [0.15, 0.2) is 53.5 Å². The van der Waals surface area contributed by atoms with E-state index < -0.39 is 9.84 Å². The molecular formula is C24H29N3O3S2. The quantitative estimate of drug-likeness (QED) is 0.640. The van der Waals surface area contributed by atoms with Crippen molar-refractivity contribution in [2.75, 3.05) is 34.4 Å². The Bertz CT molecular complexity index is 1110. The van der Waals surface area contributed by atoms with Gasteiger partial charge in [-0.25, -0.2) is 8.42 Å². The second-order valence-corrected chi connectivity index (χ2v) is 11.7. The number of carbonyl (C=O) groups excluding carboxylic acids is 1. The summed E-state index contributed by atoms with van der Waals surface area (Å²) in [7, 11) is -3.09. The van der Waals surface area contributed by atoms with Crippen LogP contribution in [0.3, 0.4) is 0 Å². The maximum atomic E-state index is 12.7. The van der Waals surface area contributed by atoms with Crippen LogP contribution in [-0.4, -0.2) is 55.4 Å². The molecule has 4 rings (SSSR count). The smallest absolute Gasteiger partial charge is 0.252 e. The molecule has 0 aliphatic carbocycles. The number of amidine groups is 1. The van der Waals surface area contributed by atoms with Crippen LogP contribution in [0.5, 0.6) is 0 Å². The lowest BCUT2D eigenvalue weighted by molar-refractivity contribution is -0.117. The molecule has 2 saturated heterocycles. The minimum Gasteiger partial charge on any atom is -0.372 e. The summed E-state index contributed by atoms with van der Waals surface area (Å²) in [6.45, 7) is 8.08. The number of hydrogen-bond acceptors (Lipinski definition) is 5. The van der Waals surface area contributed by atoms with Crippen molar-refractivity contribution in [1.82, 2.24) is 0 Å². The van der Waals surface area contributed by atoms with Crippen molar-refractivity contribution >= 4 is 44.0 Å². The maximum Gasteiger partial charge on any atom is 0.252 e. The summed E-state index contributed by atoms with van der Waals surface area (Å²) in [6.07, 6.45) is 0.229. The lowest BCUT2D eigenvalue weighted by Crippen LogP contribution is -2.37. The van der Waals surface area contributed by atoms with Gasteiger partial charge in [-0.1, -0.05) is 41.6 Å². The Hall–Kier alpha value is -2.32. The van der Waals surface area contributed by atoms with Gasteiger partial charge in [-0.3, -0.25) is 4.79 Å². The van der Waals surface area contributed by atoms with Crippen LogP contribution >= 0.6 is 11.8 Å². The maximum absolute atomic E-state index is 12.7. The lowest BCUT2D eigenvalue weighted by Gasteiger charge is -2.26. The van der Waals surface area contributed by atoms with E-state index in [0.29, 0.717) is 5.17 Å². The molecule has 0 spiro atoms. The first-order chi connectivity index (χ1) is 15.3. The van der Waals surface area contributed by atoms with Gasteiger partial charge in [0, 0.05) is 29.7 Å². The fraction of sp³-hybridized carbons (Fsp3) is 0.417. The van der Waals surface area contributed by atoms with E-state index >= 15 is 0 Å². The predicted molar refractivity (Wildman–Crippen MR) is 134 cm³/mol. The predicted octanol–water partition coefficient (Wildman–Crippen LogP) is 3.69. The van der Waals surface area contributed by atoms with Gasteiger partial charge in [-0.05, 0) is 50.6 Å². The van der Waals surface area contributed by atoms with Crippen molar-refractivity contribution < 1.29 is 13.2 Å².